The molecule has 10 rings (SSSR count). The number of rotatable bonds is 36. The molecule has 0 saturated carbocycles. The number of hydrogen-bond donors (Lipinski definition) is 4. The highest BCUT2D eigenvalue weighted by Crippen LogP contribution is 2.46. The highest BCUT2D eigenvalue weighted by molar-refractivity contribution is 5.74. The molecule has 0 saturated heterocycles. The van der Waals surface area contributed by atoms with Gasteiger partial charge < -0.3 is 43.3 Å². The zero-order chi connectivity index (χ0) is 85.1. The van der Waals surface area contributed by atoms with Crippen LogP contribution in [0.5, 0.6) is 34.5 Å². The number of hydrogen-bond acceptors (Lipinski definition) is 13. The molecule has 0 radical (unpaired) electrons. The Labute approximate surface area is 672 Å². The van der Waals surface area contributed by atoms with Crippen molar-refractivity contribution in [1.29, 1.82) is 0 Å². The van der Waals surface area contributed by atoms with E-state index in [1.807, 2.05) is 46.1 Å². The molecule has 6 aromatic carbocycles. The first-order valence-electron chi connectivity index (χ1n) is 38.9. The number of nitrogens with zero attached hydrogens (tertiary/aromatic N) is 8. The normalized spacial score (nSPS) is 12.0. The Morgan fingerprint density at radius 3 is 1.34 bits per heavy atom. The molecule has 0 aliphatic rings. The second-order valence-electron chi connectivity index (χ2n) is 29.4. The Morgan fingerprint density at radius 2 is 0.888 bits per heavy atom. The van der Waals surface area contributed by atoms with Crippen molar-refractivity contribution in [3.05, 3.63) is 201 Å². The number of unbranched alkanes of at least 4 members (excludes halogenated alkanes) is 2. The fourth-order valence-corrected chi connectivity index (χ4v) is 12.8. The summed E-state index contributed by atoms with van der Waals surface area (Å²) in [6.07, 6.45) is 0.534. The lowest BCUT2D eigenvalue weighted by molar-refractivity contribution is -0.139. The zero-order valence-electron chi connectivity index (χ0n) is 68.9. The number of halogens is 12. The summed E-state index contributed by atoms with van der Waals surface area (Å²) in [7, 11) is 9.53. The molecular formula is C87H110F12N12O5. The van der Waals surface area contributed by atoms with Crippen LogP contribution >= 0.6 is 0 Å². The lowest BCUT2D eigenvalue weighted by Crippen LogP contribution is -2.19. The van der Waals surface area contributed by atoms with Gasteiger partial charge in [-0.05, 0) is 208 Å². The third-order valence-electron chi connectivity index (χ3n) is 18.9. The standard InChI is InChI=1S/C22H24F3N3O.C22H32F3N3O.C22H33F2N3O2.C21H21F4N3O/c1-4-10-28(3)14-16-13-26-27-21(16)18-12-19(22(23,24)25)20(11-15(18)2)29-17-8-6-5-7-9-17;1-6-7-9-28(5)14-20-19(13-26-27-20)18-11-17(22(23,24)25)12-21(16(18)4)29-10-8-15(2)3;1-6-7-9-27(4)15-21-19(14-25-26-21)18-12-17(29-11-8-10-28-5)13-20(16(18)2)22(3,23)24;1-3-9-28(2)13-14-12-26-27-20(14)16-10-17(21(23,24)25)19(11-18(16)22)29-15-7-5-4-6-8-15/h5-9,11-13H,4,10,14H2,1-3H3,(H,26,27);11-13,15H,6-10,14H2,1-5H3,(H,26,27);12-14H,6-11,15H2,1-5H3,(H,25,26);4-8,10-12H,3,9,13H2,1-2H3,(H,26,27). The maximum atomic E-state index is 14.8. The number of aromatic amines is 4. The quantitative estimate of drug-likeness (QED) is 0.0216. The van der Waals surface area contributed by atoms with E-state index in [2.05, 4.69) is 90.1 Å². The average Bonchev–Trinajstić information content (AvgIpc) is 1.37. The van der Waals surface area contributed by atoms with Crippen LogP contribution in [0.4, 0.5) is 52.7 Å². The van der Waals surface area contributed by atoms with Gasteiger partial charge in [-0.25, -0.2) is 13.2 Å². The van der Waals surface area contributed by atoms with Crippen molar-refractivity contribution in [2.24, 2.45) is 5.92 Å². The second-order valence-corrected chi connectivity index (χ2v) is 29.4. The maximum Gasteiger partial charge on any atom is 0.420 e. The monoisotopic (exact) mass is 1630 g/mol. The van der Waals surface area contributed by atoms with Gasteiger partial charge in [0.25, 0.3) is 5.92 Å². The Kier molecular flexibility index (Phi) is 35.5. The molecule has 0 aliphatic carbocycles. The number of benzene rings is 6. The van der Waals surface area contributed by atoms with Crippen LogP contribution in [0.3, 0.4) is 0 Å². The van der Waals surface area contributed by atoms with Gasteiger partial charge in [0.1, 0.15) is 40.3 Å². The molecule has 0 spiro atoms. The smallest absolute Gasteiger partial charge is 0.420 e. The molecule has 4 aromatic heterocycles. The molecule has 4 heterocycles. The first-order chi connectivity index (χ1) is 55.0. The summed E-state index contributed by atoms with van der Waals surface area (Å²) in [6.45, 7) is 25.9. The van der Waals surface area contributed by atoms with Crippen LogP contribution in [0, 0.1) is 32.5 Å². The Morgan fingerprint density at radius 1 is 0.422 bits per heavy atom. The molecule has 116 heavy (non-hydrogen) atoms. The van der Waals surface area contributed by atoms with E-state index in [0.29, 0.717) is 114 Å². The molecule has 0 atom stereocenters. The summed E-state index contributed by atoms with van der Waals surface area (Å²) in [5.74, 6) is -2.92. The van der Waals surface area contributed by atoms with Crippen molar-refractivity contribution in [3.63, 3.8) is 0 Å². The molecule has 0 fully saturated rings. The van der Waals surface area contributed by atoms with Gasteiger partial charge in [-0.2, -0.15) is 59.9 Å². The Balaban J connectivity index is 0.000000214. The van der Waals surface area contributed by atoms with Crippen LogP contribution in [-0.4, -0.2) is 142 Å². The number of alkyl halides is 11. The fourth-order valence-electron chi connectivity index (χ4n) is 12.8. The van der Waals surface area contributed by atoms with Gasteiger partial charge in [-0.15, -0.1) is 0 Å². The zero-order valence-corrected chi connectivity index (χ0v) is 68.9. The summed E-state index contributed by atoms with van der Waals surface area (Å²) >= 11 is 0. The molecule has 4 N–H and O–H groups in total. The number of aromatic nitrogens is 8. The van der Waals surface area contributed by atoms with E-state index in [9.17, 15) is 52.7 Å². The number of aryl methyl sites for hydroxylation is 1. The predicted octanol–water partition coefficient (Wildman–Crippen LogP) is 23.1. The van der Waals surface area contributed by atoms with E-state index in [4.69, 9.17) is 23.7 Å². The summed E-state index contributed by atoms with van der Waals surface area (Å²) in [4.78, 5) is 8.45. The van der Waals surface area contributed by atoms with Gasteiger partial charge in [0.15, 0.2) is 0 Å². The predicted molar refractivity (Wildman–Crippen MR) is 431 cm³/mol. The molecule has 29 heteroatoms. The largest absolute Gasteiger partial charge is 0.493 e. The molecule has 0 amide bonds. The highest BCUT2D eigenvalue weighted by atomic mass is 19.4. The van der Waals surface area contributed by atoms with Crippen molar-refractivity contribution >= 4 is 0 Å². The summed E-state index contributed by atoms with van der Waals surface area (Å²) in [6, 6.07) is 26.1. The Hall–Kier alpha value is -9.68. The summed E-state index contributed by atoms with van der Waals surface area (Å²) in [5, 5.41) is 27.8. The minimum Gasteiger partial charge on any atom is -0.493 e. The minimum absolute atomic E-state index is 0.0248. The summed E-state index contributed by atoms with van der Waals surface area (Å²) < 4.78 is 194. The lowest BCUT2D eigenvalue weighted by Gasteiger charge is -2.20. The van der Waals surface area contributed by atoms with E-state index in [1.165, 1.54) is 36.5 Å². The van der Waals surface area contributed by atoms with Crippen LogP contribution in [0.25, 0.3) is 44.8 Å². The topological polar surface area (TPSA) is 174 Å². The van der Waals surface area contributed by atoms with Crippen molar-refractivity contribution in [3.8, 4) is 79.3 Å². The second kappa shape index (κ2) is 44.0. The molecule has 0 bridgehead atoms. The van der Waals surface area contributed by atoms with Gasteiger partial charge in [-0.3, -0.25) is 20.4 Å². The highest BCUT2D eigenvalue weighted by Gasteiger charge is 2.39. The van der Waals surface area contributed by atoms with E-state index in [0.717, 1.165) is 130 Å². The van der Waals surface area contributed by atoms with E-state index in [1.54, 1.807) is 95.0 Å². The molecule has 0 unspecified atom stereocenters. The van der Waals surface area contributed by atoms with Crippen molar-refractivity contribution < 1.29 is 76.4 Å². The third-order valence-corrected chi connectivity index (χ3v) is 18.9. The number of ether oxygens (including phenoxy) is 5. The van der Waals surface area contributed by atoms with Crippen molar-refractivity contribution in [1.82, 2.24) is 60.4 Å². The van der Waals surface area contributed by atoms with Gasteiger partial charge in [0.05, 0.1) is 77.5 Å². The van der Waals surface area contributed by atoms with Gasteiger partial charge >= 0.3 is 18.5 Å². The van der Waals surface area contributed by atoms with Gasteiger partial charge in [0, 0.05) is 98.3 Å². The fraction of sp³-hybridized carbons (Fsp3) is 0.448. The molecule has 17 nitrogen and oxygen atoms in total. The van der Waals surface area contributed by atoms with Gasteiger partial charge in [-0.1, -0.05) is 90.8 Å². The molecule has 10 aromatic rings. The first-order valence-corrected chi connectivity index (χ1v) is 38.9. The lowest BCUT2D eigenvalue weighted by atomic mass is 9.93. The van der Waals surface area contributed by atoms with Crippen molar-refractivity contribution in [2.45, 2.75) is 171 Å². The first kappa shape index (κ1) is 93.5. The number of H-pyrrole nitrogens is 4. The molecule has 632 valence electrons. The van der Waals surface area contributed by atoms with E-state index < -0.39 is 52.7 Å². The minimum atomic E-state index is -4.72. The van der Waals surface area contributed by atoms with Crippen LogP contribution in [-0.2, 0) is 55.4 Å². The van der Waals surface area contributed by atoms with E-state index >= 15 is 0 Å². The van der Waals surface area contributed by atoms with E-state index in [-0.39, 0.29) is 34.1 Å². The maximum absolute atomic E-state index is 14.8. The SMILES string of the molecule is CCCCN(C)Cc1[nH]ncc1-c1cc(C(F)(F)F)cc(OCCC(C)C)c1C.CCCCN(C)Cc1[nH]ncc1-c1cc(OCCCOC)cc(C(C)(F)F)c1C.CCCN(C)Cc1cn[nH]c1-c1cc(C(F)(F)F)c(Oc2ccccc2)cc1C.CCCN(C)Cc1cn[nH]c1-c1cc(C(F)(F)F)c(Oc2ccccc2)cc1F. The Bertz CT molecular complexity index is 4450. The van der Waals surface area contributed by atoms with Crippen LogP contribution in [0.15, 0.2) is 134 Å². The summed E-state index contributed by atoms with van der Waals surface area (Å²) in [5.41, 5.74) is 6.33. The molecular weight excluding hydrogens is 1520 g/mol. The average molecular weight is 1630 g/mol. The van der Waals surface area contributed by atoms with Crippen LogP contribution in [0.1, 0.15) is 161 Å². The van der Waals surface area contributed by atoms with Gasteiger partial charge in [0.2, 0.25) is 0 Å². The van der Waals surface area contributed by atoms with Crippen LogP contribution < -0.4 is 18.9 Å². The number of methoxy groups -OCH3 is 1. The number of para-hydroxylation sites is 2. The third kappa shape index (κ3) is 27.8. The number of nitrogens with one attached hydrogen (secondary N) is 4. The molecule has 0 aliphatic heterocycles. The van der Waals surface area contributed by atoms with Crippen LogP contribution in [0.2, 0.25) is 0 Å². The van der Waals surface area contributed by atoms with Crippen molar-refractivity contribution in [2.75, 3.05) is 81.3 Å².